The standard InChI is InChI=1S/C16H5F9.C16H14.C12H5F7.C12H12.C8H5F5.C8H10/c1-2-3-4-6(11(20)15(24)13(22)9(4)18)8(17)7-5(3)10(19)14(23)16(25)12(7)21;1-2-14-15-9-5-3-7-12(15)11-13-8-4-6-10-16(13)14;1-2-3-4-5(8(15)10(17)6(3)13)9(16)12(19)11(18)7(4)14;1-2-10-7-5-8-11-6-3-4-9-12(10)11;1-2-3-4(9)6(11)8(13)7(12)5(3)10;1-2-8-6-4-3-5-7-8/h2H2,1H3;3-11H,2H2,1H3;2H2,1H3;3-9H,2H2,1H3;2H2,1H3;3-7H,2H2,1H3. The summed E-state index contributed by atoms with van der Waals surface area (Å²) in [4.78, 5) is 0. The van der Waals surface area contributed by atoms with Gasteiger partial charge in [0, 0.05) is 27.3 Å². The molecule has 0 atom stereocenters. The first-order valence-corrected chi connectivity index (χ1v) is 28.5. The van der Waals surface area contributed by atoms with Crippen molar-refractivity contribution >= 4 is 64.6 Å². The number of aryl methyl sites for hydroxylation is 5. The molecule has 0 N–H and O–H groups in total. The summed E-state index contributed by atoms with van der Waals surface area (Å²) in [6, 6.07) is 45.0. The van der Waals surface area contributed by atoms with Crippen molar-refractivity contribution in [3.05, 3.63) is 283 Å². The van der Waals surface area contributed by atoms with Gasteiger partial charge in [-0.2, -0.15) is 0 Å². The van der Waals surface area contributed by atoms with Crippen molar-refractivity contribution in [3.63, 3.8) is 0 Å². The van der Waals surface area contributed by atoms with Crippen LogP contribution in [0.1, 0.15) is 74.9 Å². The average molecular weight is 1320 g/mol. The van der Waals surface area contributed by atoms with Gasteiger partial charge in [0.15, 0.2) is 111 Å². The number of benzene rings is 12. The minimum absolute atomic E-state index is 0.244. The summed E-state index contributed by atoms with van der Waals surface area (Å²) in [6.45, 7) is 10.3. The molecule has 0 spiro atoms. The van der Waals surface area contributed by atoms with Gasteiger partial charge < -0.3 is 0 Å². The van der Waals surface area contributed by atoms with Crippen LogP contribution in [0.3, 0.4) is 0 Å². The van der Waals surface area contributed by atoms with Gasteiger partial charge in [-0.15, -0.1) is 0 Å². The summed E-state index contributed by atoms with van der Waals surface area (Å²) in [7, 11) is 0. The first kappa shape index (κ1) is 71.2. The van der Waals surface area contributed by atoms with Gasteiger partial charge in [0.05, 0.1) is 16.2 Å². The Morgan fingerprint density at radius 3 is 0.860 bits per heavy atom. The van der Waals surface area contributed by atoms with Crippen molar-refractivity contribution in [2.45, 2.75) is 80.1 Å². The number of hydrogen-bond donors (Lipinski definition) is 0. The van der Waals surface area contributed by atoms with E-state index in [1.54, 1.807) is 0 Å². The third kappa shape index (κ3) is 13.8. The number of halogens is 21. The Kier molecular flexibility index (Phi) is 23.3. The lowest BCUT2D eigenvalue weighted by Crippen LogP contribution is -2.08. The fourth-order valence-electron chi connectivity index (χ4n) is 10.5. The largest absolute Gasteiger partial charge is 0.205 e. The van der Waals surface area contributed by atoms with Crippen molar-refractivity contribution in [1.82, 2.24) is 0 Å². The van der Waals surface area contributed by atoms with Gasteiger partial charge in [-0.05, 0) is 99.2 Å². The van der Waals surface area contributed by atoms with E-state index in [2.05, 4.69) is 142 Å². The summed E-state index contributed by atoms with van der Waals surface area (Å²) in [5.74, 6) is -43.8. The van der Waals surface area contributed by atoms with E-state index in [4.69, 9.17) is 0 Å². The van der Waals surface area contributed by atoms with Crippen LogP contribution in [0, 0.1) is 122 Å². The maximum absolute atomic E-state index is 14.5. The molecule has 12 rings (SSSR count). The Bertz CT molecular complexity index is 4600. The number of hydrogen-bond acceptors (Lipinski definition) is 0. The molecule has 0 aliphatic rings. The van der Waals surface area contributed by atoms with E-state index in [9.17, 15) is 92.2 Å². The lowest BCUT2D eigenvalue weighted by molar-refractivity contribution is 0.370. The van der Waals surface area contributed by atoms with E-state index in [0.717, 1.165) is 19.3 Å². The lowest BCUT2D eigenvalue weighted by Gasteiger charge is -2.15. The second-order valence-electron chi connectivity index (χ2n) is 20.3. The highest BCUT2D eigenvalue weighted by atomic mass is 19.2. The van der Waals surface area contributed by atoms with Crippen LogP contribution < -0.4 is 0 Å². The highest BCUT2D eigenvalue weighted by molar-refractivity contribution is 6.05. The summed E-state index contributed by atoms with van der Waals surface area (Å²) in [6.07, 6.45) is 2.26. The minimum atomic E-state index is -2.38. The normalized spacial score (nSPS) is 11.0. The Morgan fingerprint density at radius 1 is 0.194 bits per heavy atom. The molecule has 93 heavy (non-hydrogen) atoms. The maximum Gasteiger partial charge on any atom is 0.200 e. The van der Waals surface area contributed by atoms with E-state index < -0.39 is 178 Å². The van der Waals surface area contributed by atoms with Crippen LogP contribution in [-0.4, -0.2) is 0 Å². The van der Waals surface area contributed by atoms with E-state index in [1.165, 1.54) is 69.8 Å². The van der Waals surface area contributed by atoms with Gasteiger partial charge in [0.25, 0.3) is 0 Å². The molecular weight excluding hydrogens is 1260 g/mol. The first-order chi connectivity index (χ1) is 44.2. The highest BCUT2D eigenvalue weighted by Crippen LogP contribution is 2.41. The summed E-state index contributed by atoms with van der Waals surface area (Å²) < 4.78 is 280. The Hall–Kier alpha value is -9.27. The fourth-order valence-corrected chi connectivity index (χ4v) is 10.5. The maximum atomic E-state index is 14.5. The van der Waals surface area contributed by atoms with Gasteiger partial charge in [0.2, 0.25) is 5.82 Å². The molecule has 0 radical (unpaired) electrons. The molecule has 0 fully saturated rings. The summed E-state index contributed by atoms with van der Waals surface area (Å²) >= 11 is 0. The molecule has 0 saturated carbocycles. The number of rotatable bonds is 6. The molecule has 0 unspecified atom stereocenters. The topological polar surface area (TPSA) is 0 Å². The van der Waals surface area contributed by atoms with Crippen LogP contribution in [0.4, 0.5) is 92.2 Å². The molecule has 0 aromatic heterocycles. The van der Waals surface area contributed by atoms with Crippen molar-refractivity contribution in [1.29, 1.82) is 0 Å². The van der Waals surface area contributed by atoms with Gasteiger partial charge >= 0.3 is 0 Å². The molecule has 0 nitrogen and oxygen atoms in total. The SMILES string of the molecule is CCc1c(F)c(F)c(F)c(F)c1F.CCc1c(F)c(F)c(F)c2c(F)c(F)c(F)c(F)c12.CCc1c2c(F)c(F)c(F)c(F)c2c(F)c2c(F)c(F)c(F)c(F)c12.CCc1c2ccccc2cc2ccccc12.CCc1cccc2ccccc12.CCc1ccccc1. The quantitative estimate of drug-likeness (QED) is 0.0674. The highest BCUT2D eigenvalue weighted by Gasteiger charge is 2.33. The molecule has 0 heterocycles. The van der Waals surface area contributed by atoms with Crippen molar-refractivity contribution < 1.29 is 92.2 Å². The van der Waals surface area contributed by atoms with E-state index in [0.29, 0.717) is 0 Å². The van der Waals surface area contributed by atoms with E-state index in [1.807, 2.05) is 6.07 Å². The predicted molar refractivity (Wildman–Crippen MR) is 319 cm³/mol. The zero-order valence-electron chi connectivity index (χ0n) is 49.8. The van der Waals surface area contributed by atoms with Gasteiger partial charge in [-0.25, -0.2) is 92.2 Å². The van der Waals surface area contributed by atoms with Crippen molar-refractivity contribution in [3.8, 4) is 0 Å². The third-order valence-corrected chi connectivity index (χ3v) is 15.1. The van der Waals surface area contributed by atoms with Crippen LogP contribution in [0.25, 0.3) is 64.6 Å². The van der Waals surface area contributed by atoms with Gasteiger partial charge in [-0.1, -0.05) is 163 Å². The van der Waals surface area contributed by atoms with Crippen LogP contribution >= 0.6 is 0 Å². The Balaban J connectivity index is 0.000000163. The molecule has 0 bridgehead atoms. The van der Waals surface area contributed by atoms with Gasteiger partial charge in [0.1, 0.15) is 5.82 Å². The molecule has 12 aromatic carbocycles. The smallest absolute Gasteiger partial charge is 0.200 e. The predicted octanol–water partition coefficient (Wildman–Crippen LogP) is 23.3. The molecule has 12 aromatic rings. The fraction of sp³-hybridized carbons (Fsp3) is 0.167. The first-order valence-electron chi connectivity index (χ1n) is 28.5. The summed E-state index contributed by atoms with van der Waals surface area (Å²) in [5.41, 5.74) is 2.03. The second-order valence-corrected chi connectivity index (χ2v) is 20.3. The van der Waals surface area contributed by atoms with Crippen LogP contribution in [0.15, 0.2) is 127 Å². The second kappa shape index (κ2) is 30.4. The zero-order valence-corrected chi connectivity index (χ0v) is 49.8. The molecular formula is C72H51F21. The van der Waals surface area contributed by atoms with Gasteiger partial charge in [-0.3, -0.25) is 0 Å². The van der Waals surface area contributed by atoms with Crippen molar-refractivity contribution in [2.24, 2.45) is 0 Å². The van der Waals surface area contributed by atoms with Crippen LogP contribution in [0.5, 0.6) is 0 Å². The zero-order chi connectivity index (χ0) is 68.6. The molecule has 0 aliphatic heterocycles. The average Bonchev–Trinajstić information content (AvgIpc) is 0.724. The van der Waals surface area contributed by atoms with E-state index in [-0.39, 0.29) is 12.8 Å². The Morgan fingerprint density at radius 2 is 0.484 bits per heavy atom. The summed E-state index contributed by atoms with van der Waals surface area (Å²) in [5, 5.41) is 0.168. The van der Waals surface area contributed by atoms with Crippen LogP contribution in [0.2, 0.25) is 0 Å². The molecule has 0 aliphatic carbocycles. The number of fused-ring (bicyclic) bond motifs is 6. The Labute approximate surface area is 518 Å². The van der Waals surface area contributed by atoms with E-state index >= 15 is 0 Å². The molecule has 486 valence electrons. The lowest BCUT2D eigenvalue weighted by atomic mass is 9.92. The molecule has 0 saturated heterocycles. The monoisotopic (exact) mass is 1310 g/mol. The minimum Gasteiger partial charge on any atom is -0.205 e. The van der Waals surface area contributed by atoms with Crippen molar-refractivity contribution in [2.75, 3.05) is 0 Å². The molecule has 0 amide bonds. The third-order valence-electron chi connectivity index (χ3n) is 15.1. The molecule has 21 heteroatoms. The van der Waals surface area contributed by atoms with Crippen LogP contribution in [-0.2, 0) is 38.5 Å².